The number of ketones is 1. The van der Waals surface area contributed by atoms with Crippen molar-refractivity contribution in [3.63, 3.8) is 0 Å². The zero-order valence-corrected chi connectivity index (χ0v) is 13.8. The van der Waals surface area contributed by atoms with E-state index in [0.29, 0.717) is 23.8 Å². The van der Waals surface area contributed by atoms with Gasteiger partial charge in [-0.25, -0.2) is 0 Å². The number of hydrogen-bond acceptors (Lipinski definition) is 3. The molecule has 1 aliphatic heterocycles. The van der Waals surface area contributed by atoms with Crippen molar-refractivity contribution in [2.75, 3.05) is 6.61 Å². The van der Waals surface area contributed by atoms with Crippen LogP contribution in [0.25, 0.3) is 12.2 Å². The SMILES string of the molecule is CC(C)c1ccc(/C=C/C(=O)c2ccc3c(c2O)C=CCO3)cc1. The first-order chi connectivity index (χ1) is 11.6. The maximum Gasteiger partial charge on any atom is 0.189 e. The molecule has 122 valence electrons. The molecule has 0 bridgehead atoms. The standard InChI is InChI=1S/C21H20O3/c1-14(2)16-8-5-15(6-9-16)7-11-19(22)17-10-12-20-18(21(17)23)4-3-13-24-20/h3-12,14,23H,13H2,1-2H3/b11-7+. The van der Waals surface area contributed by atoms with Gasteiger partial charge in [-0.15, -0.1) is 0 Å². The fourth-order valence-electron chi connectivity index (χ4n) is 2.63. The quantitative estimate of drug-likeness (QED) is 0.649. The van der Waals surface area contributed by atoms with Crippen molar-refractivity contribution in [1.29, 1.82) is 0 Å². The van der Waals surface area contributed by atoms with Crippen LogP contribution in [0.1, 0.15) is 46.8 Å². The summed E-state index contributed by atoms with van der Waals surface area (Å²) in [6.07, 6.45) is 6.83. The minimum atomic E-state index is -0.234. The van der Waals surface area contributed by atoms with Gasteiger partial charge in [-0.05, 0) is 47.4 Å². The van der Waals surface area contributed by atoms with Gasteiger partial charge < -0.3 is 9.84 Å². The van der Waals surface area contributed by atoms with E-state index in [1.54, 1.807) is 24.3 Å². The molecule has 0 unspecified atom stereocenters. The van der Waals surface area contributed by atoms with Crippen molar-refractivity contribution >= 4 is 17.9 Å². The average molecular weight is 320 g/mol. The lowest BCUT2D eigenvalue weighted by Crippen LogP contribution is -2.03. The molecule has 1 aliphatic rings. The molecule has 0 saturated carbocycles. The summed E-state index contributed by atoms with van der Waals surface area (Å²) < 4.78 is 5.42. The first-order valence-corrected chi connectivity index (χ1v) is 8.04. The van der Waals surface area contributed by atoms with Gasteiger partial charge in [0.2, 0.25) is 0 Å². The Morgan fingerprint density at radius 3 is 2.62 bits per heavy atom. The van der Waals surface area contributed by atoms with Crippen molar-refractivity contribution in [3.8, 4) is 11.5 Å². The van der Waals surface area contributed by atoms with E-state index in [9.17, 15) is 9.90 Å². The lowest BCUT2D eigenvalue weighted by Gasteiger charge is -2.14. The number of aromatic hydroxyl groups is 1. The second kappa shape index (κ2) is 6.75. The van der Waals surface area contributed by atoms with Gasteiger partial charge in [-0.1, -0.05) is 44.2 Å². The summed E-state index contributed by atoms with van der Waals surface area (Å²) in [5.41, 5.74) is 3.05. The highest BCUT2D eigenvalue weighted by Crippen LogP contribution is 2.34. The Kier molecular flexibility index (Phi) is 4.52. The molecule has 0 amide bonds. The summed E-state index contributed by atoms with van der Waals surface area (Å²) in [5.74, 6) is 0.808. The maximum absolute atomic E-state index is 12.4. The Morgan fingerprint density at radius 2 is 1.92 bits per heavy atom. The largest absolute Gasteiger partial charge is 0.506 e. The van der Waals surface area contributed by atoms with Crippen molar-refractivity contribution < 1.29 is 14.6 Å². The average Bonchev–Trinajstić information content (AvgIpc) is 2.60. The molecule has 3 rings (SSSR count). The van der Waals surface area contributed by atoms with E-state index >= 15 is 0 Å². The first-order valence-electron chi connectivity index (χ1n) is 8.04. The predicted molar refractivity (Wildman–Crippen MR) is 96.5 cm³/mol. The number of ether oxygens (including phenoxy) is 1. The molecule has 0 spiro atoms. The molecular formula is C21H20O3. The first kappa shape index (κ1) is 16.1. The minimum absolute atomic E-state index is 0.0340. The Labute approximate surface area is 141 Å². The number of fused-ring (bicyclic) bond motifs is 1. The van der Waals surface area contributed by atoms with Crippen LogP contribution < -0.4 is 4.74 Å². The third-order valence-electron chi connectivity index (χ3n) is 4.09. The van der Waals surface area contributed by atoms with E-state index < -0.39 is 0 Å². The molecule has 1 N–H and O–H groups in total. The Hall–Kier alpha value is -2.81. The highest BCUT2D eigenvalue weighted by Gasteiger charge is 2.17. The molecule has 2 aromatic carbocycles. The van der Waals surface area contributed by atoms with Crippen molar-refractivity contribution in [2.24, 2.45) is 0 Å². The topological polar surface area (TPSA) is 46.5 Å². The van der Waals surface area contributed by atoms with Gasteiger partial charge in [0.15, 0.2) is 5.78 Å². The van der Waals surface area contributed by atoms with Crippen LogP contribution in [0.5, 0.6) is 11.5 Å². The van der Waals surface area contributed by atoms with Crippen LogP contribution in [0, 0.1) is 0 Å². The molecule has 0 fully saturated rings. The van der Waals surface area contributed by atoms with Crippen molar-refractivity contribution in [3.05, 3.63) is 70.8 Å². The zero-order chi connectivity index (χ0) is 17.1. The number of carbonyl (C=O) groups is 1. The van der Waals surface area contributed by atoms with Gasteiger partial charge in [0, 0.05) is 0 Å². The zero-order valence-electron chi connectivity index (χ0n) is 13.8. The molecule has 0 aromatic heterocycles. The van der Waals surface area contributed by atoms with Crippen LogP contribution in [0.15, 0.2) is 48.6 Å². The molecular weight excluding hydrogens is 300 g/mol. The summed E-state index contributed by atoms with van der Waals surface area (Å²) in [4.78, 5) is 12.4. The second-order valence-electron chi connectivity index (χ2n) is 6.11. The number of carbonyl (C=O) groups excluding carboxylic acids is 1. The fraction of sp³-hybridized carbons (Fsp3) is 0.190. The van der Waals surface area contributed by atoms with Crippen LogP contribution >= 0.6 is 0 Å². The number of rotatable bonds is 4. The number of benzene rings is 2. The number of phenolic OH excluding ortho intramolecular Hbond substituents is 1. The monoisotopic (exact) mass is 320 g/mol. The van der Waals surface area contributed by atoms with Gasteiger partial charge in [0.1, 0.15) is 18.1 Å². The van der Waals surface area contributed by atoms with Crippen LogP contribution in [-0.4, -0.2) is 17.5 Å². The van der Waals surface area contributed by atoms with Gasteiger partial charge in [-0.2, -0.15) is 0 Å². The number of phenols is 1. The molecule has 2 aromatic rings. The van der Waals surface area contributed by atoms with Gasteiger partial charge in [0.05, 0.1) is 11.1 Å². The molecule has 3 nitrogen and oxygen atoms in total. The Balaban J connectivity index is 1.81. The number of hydrogen-bond donors (Lipinski definition) is 1. The molecule has 0 atom stereocenters. The molecule has 0 saturated heterocycles. The van der Waals surface area contributed by atoms with Crippen LogP contribution in [0.4, 0.5) is 0 Å². The van der Waals surface area contributed by atoms with Crippen molar-refractivity contribution in [1.82, 2.24) is 0 Å². The minimum Gasteiger partial charge on any atom is -0.506 e. The second-order valence-corrected chi connectivity index (χ2v) is 6.11. The van der Waals surface area contributed by atoms with E-state index in [0.717, 1.165) is 5.56 Å². The highest BCUT2D eigenvalue weighted by molar-refractivity contribution is 6.09. The molecule has 1 heterocycles. The van der Waals surface area contributed by atoms with E-state index in [2.05, 4.69) is 26.0 Å². The predicted octanol–water partition coefficient (Wildman–Crippen LogP) is 4.82. The van der Waals surface area contributed by atoms with Crippen LogP contribution in [0.3, 0.4) is 0 Å². The summed E-state index contributed by atoms with van der Waals surface area (Å²) in [5, 5.41) is 10.3. The van der Waals surface area contributed by atoms with Crippen LogP contribution in [0.2, 0.25) is 0 Å². The van der Waals surface area contributed by atoms with E-state index in [1.807, 2.05) is 18.2 Å². The van der Waals surface area contributed by atoms with Gasteiger partial charge >= 0.3 is 0 Å². The molecule has 0 aliphatic carbocycles. The van der Waals surface area contributed by atoms with E-state index in [-0.39, 0.29) is 17.1 Å². The smallest absolute Gasteiger partial charge is 0.189 e. The third-order valence-corrected chi connectivity index (χ3v) is 4.09. The van der Waals surface area contributed by atoms with E-state index in [1.165, 1.54) is 11.6 Å². The molecule has 0 radical (unpaired) electrons. The van der Waals surface area contributed by atoms with Gasteiger partial charge in [0.25, 0.3) is 0 Å². The fourth-order valence-corrected chi connectivity index (χ4v) is 2.63. The Bertz CT molecular complexity index is 812. The summed E-state index contributed by atoms with van der Waals surface area (Å²) in [6.45, 7) is 4.77. The van der Waals surface area contributed by atoms with E-state index in [4.69, 9.17) is 4.74 Å². The number of allylic oxidation sites excluding steroid dienone is 1. The maximum atomic E-state index is 12.4. The molecule has 3 heteroatoms. The lowest BCUT2D eigenvalue weighted by molar-refractivity contribution is 0.104. The third kappa shape index (κ3) is 3.25. The molecule has 24 heavy (non-hydrogen) atoms. The van der Waals surface area contributed by atoms with Crippen molar-refractivity contribution in [2.45, 2.75) is 19.8 Å². The summed E-state index contributed by atoms with van der Waals surface area (Å²) in [6, 6.07) is 11.4. The Morgan fingerprint density at radius 1 is 1.17 bits per heavy atom. The van der Waals surface area contributed by atoms with Crippen LogP contribution in [-0.2, 0) is 0 Å². The summed E-state index contributed by atoms with van der Waals surface area (Å²) in [7, 11) is 0. The lowest BCUT2D eigenvalue weighted by atomic mass is 10.0. The summed E-state index contributed by atoms with van der Waals surface area (Å²) >= 11 is 0. The normalized spacial score (nSPS) is 13.1. The van der Waals surface area contributed by atoms with Gasteiger partial charge in [-0.3, -0.25) is 4.79 Å². The highest BCUT2D eigenvalue weighted by atomic mass is 16.5.